The van der Waals surface area contributed by atoms with Crippen LogP contribution in [-0.4, -0.2) is 5.43 Å². The van der Waals surface area contributed by atoms with E-state index in [0.29, 0.717) is 0 Å². The molecule has 0 aliphatic heterocycles. The molecule has 0 N–H and O–H groups in total. The number of benzene rings is 4. The van der Waals surface area contributed by atoms with Gasteiger partial charge in [0.15, 0.2) is 0 Å². The quantitative estimate of drug-likeness (QED) is 0.177. The van der Waals surface area contributed by atoms with Gasteiger partial charge in [0.1, 0.15) is 0 Å². The number of rotatable bonds is 2. The van der Waals surface area contributed by atoms with Crippen molar-refractivity contribution in [3.05, 3.63) is 131 Å². The largest absolute Gasteiger partial charge is 1.00 e. The summed E-state index contributed by atoms with van der Waals surface area (Å²) in [4.78, 5) is 0. The predicted octanol–water partition coefficient (Wildman–Crippen LogP) is 5.08. The van der Waals surface area contributed by atoms with Crippen LogP contribution in [-0.2, 0) is 40.6 Å². The second kappa shape index (κ2) is 16.6. The molecule has 0 saturated heterocycles. The molecule has 0 heterocycles. The van der Waals surface area contributed by atoms with Crippen LogP contribution in [0.25, 0.3) is 33.4 Å². The molecule has 2 aliphatic rings. The van der Waals surface area contributed by atoms with Gasteiger partial charge in [0, 0.05) is 0 Å². The van der Waals surface area contributed by atoms with E-state index in [1.54, 1.807) is 23.3 Å². The first kappa shape index (κ1) is 38.2. The topological polar surface area (TPSA) is 0 Å². The minimum absolute atomic E-state index is 0. The second-order valence-corrected chi connectivity index (χ2v) is 22.8. The maximum absolute atomic E-state index is 3.88. The van der Waals surface area contributed by atoms with Gasteiger partial charge in [0.25, 0.3) is 0 Å². The van der Waals surface area contributed by atoms with Crippen LogP contribution in [0.15, 0.2) is 97.1 Å². The molecule has 0 aromatic heterocycles. The van der Waals surface area contributed by atoms with Gasteiger partial charge in [0.2, 0.25) is 0 Å². The summed E-state index contributed by atoms with van der Waals surface area (Å²) in [6.45, 7) is 18.5. The fourth-order valence-electron chi connectivity index (χ4n) is 5.44. The Balaban J connectivity index is 0.000000535. The van der Waals surface area contributed by atoms with E-state index in [1.807, 2.05) is 12.2 Å². The summed E-state index contributed by atoms with van der Waals surface area (Å²) in [5, 5.41) is 0. The van der Waals surface area contributed by atoms with Crippen LogP contribution in [0.5, 0.6) is 0 Å². The van der Waals surface area contributed by atoms with Gasteiger partial charge in [-0.15, -0.1) is 35.2 Å². The van der Waals surface area contributed by atoms with Crippen LogP contribution >= 0.6 is 0 Å². The maximum atomic E-state index is 3.88. The number of hydrogen-bond donors (Lipinski definition) is 0. The van der Waals surface area contributed by atoms with E-state index in [2.05, 4.69) is 152 Å². The molecule has 0 nitrogen and oxygen atoms in total. The van der Waals surface area contributed by atoms with Gasteiger partial charge in [-0.1, -0.05) is 131 Å². The van der Waals surface area contributed by atoms with Crippen LogP contribution < -0.4 is 24.8 Å². The molecule has 0 unspecified atom stereocenters. The van der Waals surface area contributed by atoms with Crippen LogP contribution in [0.4, 0.5) is 0 Å². The Kier molecular flexibility index (Phi) is 14.4. The summed E-state index contributed by atoms with van der Waals surface area (Å²) in [5.41, 5.74) is 13.7. The average Bonchev–Trinajstić information content (AvgIpc) is 3.63. The monoisotopic (exact) mass is 712 g/mol. The van der Waals surface area contributed by atoms with E-state index in [1.165, 1.54) is 55.6 Å². The molecule has 0 amide bonds. The summed E-state index contributed by atoms with van der Waals surface area (Å²) in [6.07, 6.45) is 10.9. The first-order valence-corrected chi connectivity index (χ1v) is 21.2. The van der Waals surface area contributed by atoms with Crippen molar-refractivity contribution in [2.45, 2.75) is 78.3 Å². The molecule has 4 aromatic rings. The van der Waals surface area contributed by atoms with Crippen molar-refractivity contribution in [2.24, 2.45) is 0 Å². The minimum atomic E-state index is 0. The third-order valence-corrected chi connectivity index (χ3v) is 7.41. The molecule has 44 heavy (non-hydrogen) atoms. The molecule has 0 bridgehead atoms. The minimum Gasteiger partial charge on any atom is -1.00 e. The first-order valence-electron chi connectivity index (χ1n) is 15.0. The number of halogens is 2. The van der Waals surface area contributed by atoms with Crippen LogP contribution in [0, 0.1) is 12.1 Å². The Morgan fingerprint density at radius 1 is 0.682 bits per heavy atom. The Hall–Kier alpha value is -1.96. The summed E-state index contributed by atoms with van der Waals surface area (Å²) < 4.78 is 0. The van der Waals surface area contributed by atoms with Crippen molar-refractivity contribution in [1.82, 2.24) is 0 Å². The zero-order valence-electron chi connectivity index (χ0n) is 27.4. The van der Waals surface area contributed by atoms with Crippen molar-refractivity contribution >= 4 is 5.43 Å². The fraction of sp³-hybridized carbons (Fsp3) is 0.300. The van der Waals surface area contributed by atoms with Gasteiger partial charge < -0.3 is 24.8 Å². The molecule has 0 fully saturated rings. The molecule has 0 saturated carbocycles. The molecule has 0 spiro atoms. The Labute approximate surface area is 294 Å². The Bertz CT molecular complexity index is 1490. The van der Waals surface area contributed by atoms with Crippen LogP contribution in [0.1, 0.15) is 70.2 Å². The van der Waals surface area contributed by atoms with Crippen LogP contribution in [0.2, 0.25) is 13.1 Å². The predicted molar refractivity (Wildman–Crippen MR) is 181 cm³/mol. The zero-order valence-corrected chi connectivity index (χ0v) is 32.4. The smallest absolute Gasteiger partial charge is 0.109 e. The number of fused-ring (bicyclic) bond motifs is 3. The van der Waals surface area contributed by atoms with Gasteiger partial charge in [0.05, 0.1) is 0 Å². The van der Waals surface area contributed by atoms with E-state index in [4.69, 9.17) is 0 Å². The van der Waals surface area contributed by atoms with Crippen molar-refractivity contribution in [3.63, 3.8) is 0 Å². The van der Waals surface area contributed by atoms with Crippen molar-refractivity contribution in [2.75, 3.05) is 0 Å². The molecular formula is C40H44Cl2SiZr-2. The first-order chi connectivity index (χ1) is 19.9. The van der Waals surface area contributed by atoms with Gasteiger partial charge in [-0.05, 0) is 39.5 Å². The molecule has 228 valence electrons. The van der Waals surface area contributed by atoms with Crippen molar-refractivity contribution in [1.29, 1.82) is 0 Å². The maximum Gasteiger partial charge on any atom is -0.109 e. The fourth-order valence-corrected chi connectivity index (χ4v) is 5.44. The Morgan fingerprint density at radius 2 is 1.20 bits per heavy atom. The van der Waals surface area contributed by atoms with E-state index in [0.717, 1.165) is 12.8 Å². The van der Waals surface area contributed by atoms with Crippen molar-refractivity contribution < 1.29 is 48.1 Å². The molecule has 2 aliphatic carbocycles. The molecular weight excluding hydrogens is 671 g/mol. The second-order valence-electron chi connectivity index (χ2n) is 13.4. The van der Waals surface area contributed by atoms with Gasteiger partial charge >= 0.3 is 41.9 Å². The SMILES string of the molecule is CC(C)(C)c1cc2c([c-]c1-c1ccccc1)Cc1cc(-c3ccccc3)c(C(C)(C)C)cc1-2.C[Si](C)=[Zr+2].[C-]1=CC=CC1.[Cl-].[Cl-]. The average molecular weight is 715 g/mol. The van der Waals surface area contributed by atoms with E-state index < -0.39 is 0 Å². The molecule has 6 rings (SSSR count). The van der Waals surface area contributed by atoms with E-state index >= 15 is 0 Å². The van der Waals surface area contributed by atoms with E-state index in [9.17, 15) is 0 Å². The van der Waals surface area contributed by atoms with Crippen molar-refractivity contribution in [3.8, 4) is 33.4 Å². The molecule has 0 radical (unpaired) electrons. The number of hydrogen-bond acceptors (Lipinski definition) is 0. The van der Waals surface area contributed by atoms with Gasteiger partial charge in [-0.25, -0.2) is 12.2 Å². The summed E-state index contributed by atoms with van der Waals surface area (Å²) in [6, 6.07) is 32.8. The Morgan fingerprint density at radius 3 is 1.66 bits per heavy atom. The molecule has 4 heteroatoms. The summed E-state index contributed by atoms with van der Waals surface area (Å²) >= 11 is 1.74. The molecule has 0 atom stereocenters. The third-order valence-electron chi connectivity index (χ3n) is 7.41. The van der Waals surface area contributed by atoms with E-state index in [-0.39, 0.29) is 41.1 Å². The number of allylic oxidation sites excluding steroid dienone is 4. The summed E-state index contributed by atoms with van der Waals surface area (Å²) in [7, 11) is 0. The normalized spacial score (nSPS) is 12.4. The van der Waals surface area contributed by atoms with Gasteiger partial charge in [-0.3, -0.25) is 6.08 Å². The third kappa shape index (κ3) is 9.77. The molecule has 4 aromatic carbocycles. The zero-order chi connectivity index (χ0) is 30.5. The standard InChI is InChI=1S/C33H33.C5H5.C2H6Si.2ClH.Zr/c1-32(2,3)30-20-26-24(18-28(30)22-13-9-7-10-14-22)17-25-19-29(23-15-11-8-12-16-23)31(21-27(25)26)33(4,5)6;1-2-4-5-3-1;1-3-2;;;/h7-16,18,20-21H,17H2,1-6H3;1-3H,4H2;1-2H3;2*1H;/q2*-1;;;;+2/p-2. The van der Waals surface area contributed by atoms with Gasteiger partial charge in [-0.2, -0.15) is 6.08 Å². The summed E-state index contributed by atoms with van der Waals surface area (Å²) in [5.74, 6) is 0. The van der Waals surface area contributed by atoms with Crippen LogP contribution in [0.3, 0.4) is 0 Å².